The lowest BCUT2D eigenvalue weighted by Gasteiger charge is -2.35. The quantitative estimate of drug-likeness (QED) is 0.476. The lowest BCUT2D eigenvalue weighted by Crippen LogP contribution is -2.48. The summed E-state index contributed by atoms with van der Waals surface area (Å²) in [5.74, 6) is -2.40. The van der Waals surface area contributed by atoms with E-state index in [9.17, 15) is 14.4 Å². The summed E-state index contributed by atoms with van der Waals surface area (Å²) in [6.07, 6.45) is 1.45. The second-order valence-electron chi connectivity index (χ2n) is 6.88. The van der Waals surface area contributed by atoms with Crippen LogP contribution in [0.2, 0.25) is 0 Å². The van der Waals surface area contributed by atoms with Crippen molar-refractivity contribution in [1.82, 2.24) is 0 Å². The van der Waals surface area contributed by atoms with E-state index in [0.29, 0.717) is 22.1 Å². The molecule has 0 saturated carbocycles. The van der Waals surface area contributed by atoms with Gasteiger partial charge in [0.2, 0.25) is 11.8 Å². The Bertz CT molecular complexity index is 984. The molecule has 0 aliphatic carbocycles. The summed E-state index contributed by atoms with van der Waals surface area (Å²) in [4.78, 5) is 39.5. The maximum atomic E-state index is 13.5. The molecule has 30 heavy (non-hydrogen) atoms. The van der Waals surface area contributed by atoms with Crippen LogP contribution in [-0.4, -0.2) is 31.1 Å². The molecule has 0 saturated heterocycles. The van der Waals surface area contributed by atoms with Gasteiger partial charge in [-0.3, -0.25) is 4.79 Å². The first-order chi connectivity index (χ1) is 14.3. The highest BCUT2D eigenvalue weighted by atomic mass is 79.9. The van der Waals surface area contributed by atoms with Crippen molar-refractivity contribution in [3.8, 4) is 0 Å². The van der Waals surface area contributed by atoms with Crippen molar-refractivity contribution >= 4 is 39.5 Å². The summed E-state index contributed by atoms with van der Waals surface area (Å²) in [6.45, 7) is 5.33. The Labute approximate surface area is 182 Å². The number of ether oxygens (including phenoxy) is 3. The third-order valence-electron chi connectivity index (χ3n) is 5.00. The predicted molar refractivity (Wildman–Crippen MR) is 112 cm³/mol. The Morgan fingerprint density at radius 3 is 2.57 bits per heavy atom. The van der Waals surface area contributed by atoms with Crippen molar-refractivity contribution < 1.29 is 28.6 Å². The summed E-state index contributed by atoms with van der Waals surface area (Å²) in [5, 5.41) is 2.75. The van der Waals surface area contributed by atoms with Crippen LogP contribution in [0, 0.1) is 0 Å². The largest absolute Gasteiger partial charge is 0.462 e. The zero-order valence-electron chi connectivity index (χ0n) is 17.0. The fourth-order valence-electron chi connectivity index (χ4n) is 3.75. The van der Waals surface area contributed by atoms with Crippen molar-refractivity contribution in [3.05, 3.63) is 51.0 Å². The molecule has 0 radical (unpaired) electrons. The topological polar surface area (TPSA) is 117 Å². The van der Waals surface area contributed by atoms with E-state index >= 15 is 0 Å². The molecule has 8 nitrogen and oxygen atoms in total. The summed E-state index contributed by atoms with van der Waals surface area (Å²) in [6, 6.07) is 5.08. The molecule has 9 heteroatoms. The van der Waals surface area contributed by atoms with Gasteiger partial charge in [0, 0.05) is 15.7 Å². The molecule has 1 aromatic rings. The van der Waals surface area contributed by atoms with Gasteiger partial charge in [0.1, 0.15) is 22.3 Å². The zero-order valence-corrected chi connectivity index (χ0v) is 18.6. The summed E-state index contributed by atoms with van der Waals surface area (Å²) in [5.41, 5.74) is 4.76. The standard InChI is InChI=1S/C21H23BrN2O6/c1-4-6-9-29-19(26)16-17(23)30-11(3)15(18(25)28-5-2)21(16)13-10-12(22)7-8-14(13)24-20(21)27/h7-8,10H,4-6,9,23H2,1-3H3,(H,24,27). The van der Waals surface area contributed by atoms with Crippen LogP contribution in [0.4, 0.5) is 5.69 Å². The van der Waals surface area contributed by atoms with Crippen molar-refractivity contribution in [1.29, 1.82) is 0 Å². The lowest BCUT2D eigenvalue weighted by atomic mass is 9.67. The second-order valence-corrected chi connectivity index (χ2v) is 7.79. The number of allylic oxidation sites excluding steroid dienone is 1. The summed E-state index contributed by atoms with van der Waals surface area (Å²) in [7, 11) is 0. The number of anilines is 1. The van der Waals surface area contributed by atoms with Gasteiger partial charge in [-0.05, 0) is 38.5 Å². The number of nitrogens with two attached hydrogens (primary N) is 1. The van der Waals surface area contributed by atoms with E-state index in [1.54, 1.807) is 25.1 Å². The third kappa shape index (κ3) is 3.36. The molecule has 2 aliphatic heterocycles. The van der Waals surface area contributed by atoms with E-state index in [1.807, 2.05) is 6.92 Å². The average molecular weight is 479 g/mol. The number of carbonyl (C=O) groups is 3. The number of nitrogens with one attached hydrogen (secondary N) is 1. The first-order valence-electron chi connectivity index (χ1n) is 9.64. The molecule has 1 amide bonds. The van der Waals surface area contributed by atoms with E-state index in [2.05, 4.69) is 21.2 Å². The zero-order chi connectivity index (χ0) is 22.1. The van der Waals surface area contributed by atoms with E-state index in [4.69, 9.17) is 19.9 Å². The average Bonchev–Trinajstić information content (AvgIpc) is 2.94. The van der Waals surface area contributed by atoms with Crippen molar-refractivity contribution in [2.24, 2.45) is 5.73 Å². The van der Waals surface area contributed by atoms with E-state index in [-0.39, 0.29) is 36.0 Å². The molecule has 2 heterocycles. The van der Waals surface area contributed by atoms with E-state index in [0.717, 1.165) is 6.42 Å². The predicted octanol–water partition coefficient (Wildman–Crippen LogP) is 3.02. The molecule has 0 aromatic heterocycles. The van der Waals surface area contributed by atoms with Crippen LogP contribution in [0.3, 0.4) is 0 Å². The highest BCUT2D eigenvalue weighted by Gasteiger charge is 2.61. The summed E-state index contributed by atoms with van der Waals surface area (Å²) >= 11 is 3.39. The van der Waals surface area contributed by atoms with Crippen LogP contribution in [0.1, 0.15) is 39.2 Å². The molecule has 0 fully saturated rings. The smallest absolute Gasteiger partial charge is 0.341 e. The van der Waals surface area contributed by atoms with Gasteiger partial charge in [-0.25, -0.2) is 9.59 Å². The van der Waals surface area contributed by atoms with Crippen LogP contribution in [0.5, 0.6) is 0 Å². The van der Waals surface area contributed by atoms with Crippen molar-refractivity contribution in [3.63, 3.8) is 0 Å². The maximum absolute atomic E-state index is 13.5. The Morgan fingerprint density at radius 2 is 1.90 bits per heavy atom. The van der Waals surface area contributed by atoms with Gasteiger partial charge in [0.25, 0.3) is 0 Å². The van der Waals surface area contributed by atoms with Crippen LogP contribution < -0.4 is 11.1 Å². The van der Waals surface area contributed by atoms with Gasteiger partial charge in [-0.2, -0.15) is 0 Å². The van der Waals surface area contributed by atoms with Crippen molar-refractivity contribution in [2.45, 2.75) is 39.0 Å². The number of benzene rings is 1. The lowest BCUT2D eigenvalue weighted by molar-refractivity contribution is -0.143. The molecule has 2 aliphatic rings. The SMILES string of the molecule is CCCCOC(=O)C1=C(N)OC(C)=C(C(=O)OCC)C12C(=O)Nc1ccc(Br)cc12. The Morgan fingerprint density at radius 1 is 1.20 bits per heavy atom. The number of fused-ring (bicyclic) bond motifs is 2. The number of halogens is 1. The number of hydrogen-bond donors (Lipinski definition) is 2. The molecule has 1 spiro atoms. The summed E-state index contributed by atoms with van der Waals surface area (Å²) < 4.78 is 16.8. The first-order valence-corrected chi connectivity index (χ1v) is 10.4. The van der Waals surface area contributed by atoms with Crippen LogP contribution in [0.25, 0.3) is 0 Å². The minimum Gasteiger partial charge on any atom is -0.462 e. The van der Waals surface area contributed by atoms with Gasteiger partial charge < -0.3 is 25.3 Å². The third-order valence-corrected chi connectivity index (χ3v) is 5.49. The molecule has 1 atom stereocenters. The number of hydrogen-bond acceptors (Lipinski definition) is 7. The number of carbonyl (C=O) groups excluding carboxylic acids is 3. The van der Waals surface area contributed by atoms with E-state index < -0.39 is 23.3 Å². The van der Waals surface area contributed by atoms with Gasteiger partial charge in [0.05, 0.1) is 13.2 Å². The molecule has 1 aromatic carbocycles. The highest BCUT2D eigenvalue weighted by molar-refractivity contribution is 9.10. The molecule has 160 valence electrons. The fourth-order valence-corrected chi connectivity index (χ4v) is 4.11. The van der Waals surface area contributed by atoms with Gasteiger partial charge in [-0.1, -0.05) is 29.3 Å². The second kappa shape index (κ2) is 8.51. The minimum absolute atomic E-state index is 0.0775. The van der Waals surface area contributed by atoms with Gasteiger partial charge in [0.15, 0.2) is 0 Å². The fraction of sp³-hybridized carbons (Fsp3) is 0.381. The number of unbranched alkanes of at least 4 members (excludes halogenated alkanes) is 1. The van der Waals surface area contributed by atoms with Crippen molar-refractivity contribution in [2.75, 3.05) is 18.5 Å². The minimum atomic E-state index is -1.85. The maximum Gasteiger partial charge on any atom is 0.341 e. The Kier molecular flexibility index (Phi) is 6.21. The Balaban J connectivity index is 2.29. The number of esters is 2. The van der Waals surface area contributed by atoms with Crippen LogP contribution in [0.15, 0.2) is 45.5 Å². The van der Waals surface area contributed by atoms with Crippen LogP contribution >= 0.6 is 15.9 Å². The molecular weight excluding hydrogens is 456 g/mol. The first kappa shape index (κ1) is 21.9. The molecule has 1 unspecified atom stereocenters. The normalized spacial score (nSPS) is 20.1. The van der Waals surface area contributed by atoms with Crippen LogP contribution in [-0.2, 0) is 34.0 Å². The number of amides is 1. The van der Waals surface area contributed by atoms with Gasteiger partial charge in [-0.15, -0.1) is 0 Å². The highest BCUT2D eigenvalue weighted by Crippen LogP contribution is 2.53. The molecule has 3 rings (SSSR count). The molecule has 3 N–H and O–H groups in total. The Hall–Kier alpha value is -2.81. The van der Waals surface area contributed by atoms with Gasteiger partial charge >= 0.3 is 11.9 Å². The van der Waals surface area contributed by atoms with E-state index in [1.165, 1.54) is 6.92 Å². The molecule has 0 bridgehead atoms. The monoisotopic (exact) mass is 478 g/mol. The number of rotatable bonds is 6. The molecular formula is C21H23BrN2O6.